The SMILES string of the molecule is CC(CO)(CO)NS(=O)(=O)c1ccc(C#N)cc1Cl. The van der Waals surface area contributed by atoms with E-state index in [2.05, 4.69) is 4.72 Å². The van der Waals surface area contributed by atoms with Crippen LogP contribution in [0.3, 0.4) is 0 Å². The van der Waals surface area contributed by atoms with Gasteiger partial charge in [-0.05, 0) is 25.1 Å². The molecule has 8 heteroatoms. The van der Waals surface area contributed by atoms with Crippen LogP contribution in [-0.4, -0.2) is 37.4 Å². The second kappa shape index (κ2) is 5.86. The van der Waals surface area contributed by atoms with Crippen molar-refractivity contribution in [3.8, 4) is 6.07 Å². The van der Waals surface area contributed by atoms with E-state index >= 15 is 0 Å². The summed E-state index contributed by atoms with van der Waals surface area (Å²) in [4.78, 5) is -0.221. The second-order valence-electron chi connectivity index (χ2n) is 4.24. The number of aliphatic hydroxyl groups is 2. The molecule has 1 aromatic rings. The first-order valence-electron chi connectivity index (χ1n) is 5.23. The average Bonchev–Trinajstić information content (AvgIpc) is 2.37. The fourth-order valence-electron chi connectivity index (χ4n) is 1.28. The van der Waals surface area contributed by atoms with Crippen LogP contribution in [-0.2, 0) is 10.0 Å². The van der Waals surface area contributed by atoms with E-state index in [1.54, 1.807) is 0 Å². The van der Waals surface area contributed by atoms with Crippen molar-refractivity contribution >= 4 is 21.6 Å². The predicted molar refractivity (Wildman–Crippen MR) is 69.1 cm³/mol. The summed E-state index contributed by atoms with van der Waals surface area (Å²) in [5.41, 5.74) is -1.16. The molecule has 3 N–H and O–H groups in total. The highest BCUT2D eigenvalue weighted by atomic mass is 35.5. The van der Waals surface area contributed by atoms with Gasteiger partial charge in [-0.2, -0.15) is 5.26 Å². The number of nitriles is 1. The Bertz CT molecular complexity index is 606. The Morgan fingerprint density at radius 2 is 2.00 bits per heavy atom. The predicted octanol–water partition coefficient (Wildman–Crippen LogP) is 0.233. The lowest BCUT2D eigenvalue weighted by Crippen LogP contribution is -2.51. The molecule has 104 valence electrons. The maximum Gasteiger partial charge on any atom is 0.242 e. The maximum absolute atomic E-state index is 12.1. The van der Waals surface area contributed by atoms with Crippen molar-refractivity contribution in [3.63, 3.8) is 0 Å². The van der Waals surface area contributed by atoms with Gasteiger partial charge in [0.25, 0.3) is 0 Å². The number of aliphatic hydroxyl groups excluding tert-OH is 2. The lowest BCUT2D eigenvalue weighted by Gasteiger charge is -2.26. The quantitative estimate of drug-likeness (QED) is 0.721. The van der Waals surface area contributed by atoms with Gasteiger partial charge in [-0.15, -0.1) is 0 Å². The molecular formula is C11H13ClN2O4S. The fraction of sp³-hybridized carbons (Fsp3) is 0.364. The van der Waals surface area contributed by atoms with Crippen LogP contribution in [0.15, 0.2) is 23.1 Å². The highest BCUT2D eigenvalue weighted by Gasteiger charge is 2.30. The lowest BCUT2D eigenvalue weighted by molar-refractivity contribution is 0.122. The largest absolute Gasteiger partial charge is 0.394 e. The van der Waals surface area contributed by atoms with Gasteiger partial charge in [0.2, 0.25) is 10.0 Å². The highest BCUT2D eigenvalue weighted by molar-refractivity contribution is 7.89. The highest BCUT2D eigenvalue weighted by Crippen LogP contribution is 2.23. The van der Waals surface area contributed by atoms with Crippen LogP contribution in [0.4, 0.5) is 0 Å². The monoisotopic (exact) mass is 304 g/mol. The Morgan fingerprint density at radius 3 is 2.42 bits per heavy atom. The molecule has 1 aromatic carbocycles. The molecule has 0 unspecified atom stereocenters. The molecule has 0 saturated carbocycles. The van der Waals surface area contributed by atoms with Crippen LogP contribution in [0, 0.1) is 11.3 Å². The van der Waals surface area contributed by atoms with Crippen LogP contribution in [0.2, 0.25) is 5.02 Å². The first-order valence-corrected chi connectivity index (χ1v) is 7.09. The zero-order valence-electron chi connectivity index (χ0n) is 10.1. The Hall–Kier alpha value is -1.17. The molecule has 0 fully saturated rings. The Morgan fingerprint density at radius 1 is 1.42 bits per heavy atom. The van der Waals surface area contributed by atoms with Crippen molar-refractivity contribution in [1.29, 1.82) is 5.26 Å². The normalized spacial score (nSPS) is 12.2. The zero-order chi connectivity index (χ0) is 14.7. The van der Waals surface area contributed by atoms with Gasteiger partial charge in [0.15, 0.2) is 0 Å². The van der Waals surface area contributed by atoms with Crippen molar-refractivity contribution in [2.45, 2.75) is 17.4 Å². The molecule has 0 amide bonds. The fourth-order valence-corrected chi connectivity index (χ4v) is 3.22. The lowest BCUT2D eigenvalue weighted by atomic mass is 10.1. The summed E-state index contributed by atoms with van der Waals surface area (Å²) in [6.45, 7) is 0.204. The smallest absolute Gasteiger partial charge is 0.242 e. The van der Waals surface area contributed by atoms with Crippen molar-refractivity contribution in [2.24, 2.45) is 0 Å². The number of hydrogen-bond donors (Lipinski definition) is 3. The van der Waals surface area contributed by atoms with Gasteiger partial charge in [0.05, 0.1) is 35.4 Å². The first-order chi connectivity index (χ1) is 8.78. The molecule has 0 aromatic heterocycles. The summed E-state index contributed by atoms with van der Waals surface area (Å²) in [5.74, 6) is 0. The van der Waals surface area contributed by atoms with Crippen LogP contribution in [0.5, 0.6) is 0 Å². The van der Waals surface area contributed by atoms with E-state index in [9.17, 15) is 8.42 Å². The maximum atomic E-state index is 12.1. The van der Waals surface area contributed by atoms with Gasteiger partial charge < -0.3 is 10.2 Å². The van der Waals surface area contributed by atoms with Gasteiger partial charge in [-0.1, -0.05) is 11.6 Å². The summed E-state index contributed by atoms with van der Waals surface area (Å²) in [5, 5.41) is 26.7. The summed E-state index contributed by atoms with van der Waals surface area (Å²) < 4.78 is 26.3. The summed E-state index contributed by atoms with van der Waals surface area (Å²) in [6.07, 6.45) is 0. The minimum atomic E-state index is -4.01. The summed E-state index contributed by atoms with van der Waals surface area (Å²) in [7, 11) is -4.01. The topological polar surface area (TPSA) is 110 Å². The third-order valence-electron chi connectivity index (χ3n) is 2.43. The molecule has 0 aliphatic rings. The van der Waals surface area contributed by atoms with Crippen LogP contribution in [0.1, 0.15) is 12.5 Å². The zero-order valence-corrected chi connectivity index (χ0v) is 11.7. The van der Waals surface area contributed by atoms with Gasteiger partial charge in [0, 0.05) is 0 Å². The van der Waals surface area contributed by atoms with Gasteiger partial charge >= 0.3 is 0 Å². The van der Waals surface area contributed by atoms with Crippen molar-refractivity contribution in [2.75, 3.05) is 13.2 Å². The third-order valence-corrected chi connectivity index (χ3v) is 4.55. The van der Waals surface area contributed by atoms with Crippen LogP contribution in [0.25, 0.3) is 0 Å². The van der Waals surface area contributed by atoms with Crippen molar-refractivity contribution < 1.29 is 18.6 Å². The third kappa shape index (κ3) is 3.65. The molecule has 0 spiro atoms. The number of halogens is 1. The number of nitrogens with one attached hydrogen (secondary N) is 1. The number of sulfonamides is 1. The van der Waals surface area contributed by atoms with Gasteiger partial charge in [-0.25, -0.2) is 13.1 Å². The molecule has 0 atom stereocenters. The Kier molecular flexibility index (Phi) is 4.90. The van der Waals surface area contributed by atoms with E-state index in [-0.39, 0.29) is 15.5 Å². The summed E-state index contributed by atoms with van der Waals surface area (Å²) in [6, 6.07) is 5.57. The molecule has 19 heavy (non-hydrogen) atoms. The summed E-state index contributed by atoms with van der Waals surface area (Å²) >= 11 is 5.81. The molecule has 0 aliphatic heterocycles. The molecule has 0 aliphatic carbocycles. The van der Waals surface area contributed by atoms with E-state index in [0.29, 0.717) is 0 Å². The number of rotatable bonds is 5. The average molecular weight is 305 g/mol. The van der Waals surface area contributed by atoms with E-state index in [4.69, 9.17) is 27.1 Å². The number of nitrogens with zero attached hydrogens (tertiary/aromatic N) is 1. The van der Waals surface area contributed by atoms with Gasteiger partial charge in [-0.3, -0.25) is 0 Å². The minimum Gasteiger partial charge on any atom is -0.394 e. The second-order valence-corrected chi connectivity index (χ2v) is 6.30. The van der Waals surface area contributed by atoms with Crippen molar-refractivity contribution in [1.82, 2.24) is 4.72 Å². The molecule has 0 heterocycles. The Balaban J connectivity index is 3.19. The standard InChI is InChI=1S/C11H13ClN2O4S/c1-11(6-15,7-16)14-19(17,18)10-3-2-8(5-13)4-9(10)12/h2-4,14-16H,6-7H2,1H3. The molecule has 6 nitrogen and oxygen atoms in total. The minimum absolute atomic E-state index is 0.107. The van der Waals surface area contributed by atoms with E-state index < -0.39 is 28.8 Å². The van der Waals surface area contributed by atoms with E-state index in [0.717, 1.165) is 0 Å². The van der Waals surface area contributed by atoms with Crippen molar-refractivity contribution in [3.05, 3.63) is 28.8 Å². The molecule has 0 radical (unpaired) electrons. The first kappa shape index (κ1) is 15.9. The molecular weight excluding hydrogens is 292 g/mol. The number of hydrogen-bond acceptors (Lipinski definition) is 5. The van der Waals surface area contributed by atoms with E-state index in [1.807, 2.05) is 6.07 Å². The van der Waals surface area contributed by atoms with E-state index in [1.165, 1.54) is 25.1 Å². The van der Waals surface area contributed by atoms with Crippen LogP contribution >= 0.6 is 11.6 Å². The number of benzene rings is 1. The molecule has 0 saturated heterocycles. The molecule has 0 bridgehead atoms. The van der Waals surface area contributed by atoms with Crippen LogP contribution < -0.4 is 4.72 Å². The molecule has 1 rings (SSSR count). The Labute approximate surface area is 116 Å². The van der Waals surface area contributed by atoms with Gasteiger partial charge in [0.1, 0.15) is 4.90 Å².